The molecule has 1 heterocycles. The monoisotopic (exact) mass is 371 g/mol. The van der Waals surface area contributed by atoms with Crippen molar-refractivity contribution in [1.29, 1.82) is 0 Å². The lowest BCUT2D eigenvalue weighted by molar-refractivity contribution is 0.787. The van der Waals surface area contributed by atoms with Crippen molar-refractivity contribution in [3.05, 3.63) is 57.1 Å². The highest BCUT2D eigenvalue weighted by Crippen LogP contribution is 2.30. The number of halogens is 1. The van der Waals surface area contributed by atoms with Gasteiger partial charge in [-0.2, -0.15) is 4.68 Å². The summed E-state index contributed by atoms with van der Waals surface area (Å²) < 4.78 is 2.71. The average molecular weight is 372 g/mol. The fraction of sp³-hybridized carbons (Fsp3) is 0.235. The van der Waals surface area contributed by atoms with Crippen molar-refractivity contribution >= 4 is 27.6 Å². The number of tetrazole rings is 1. The van der Waals surface area contributed by atoms with Crippen LogP contribution in [0, 0.1) is 27.7 Å². The molecule has 0 aliphatic carbocycles. The molecule has 0 aliphatic heterocycles. The molecule has 0 saturated heterocycles. The van der Waals surface area contributed by atoms with E-state index in [0.29, 0.717) is 5.95 Å². The van der Waals surface area contributed by atoms with E-state index in [-0.39, 0.29) is 0 Å². The first-order chi connectivity index (χ1) is 11.0. The van der Waals surface area contributed by atoms with Crippen LogP contribution in [0.1, 0.15) is 22.3 Å². The third-order valence-corrected chi connectivity index (χ3v) is 4.34. The molecule has 3 aromatic rings. The van der Waals surface area contributed by atoms with E-state index in [4.69, 9.17) is 0 Å². The first-order valence-electron chi connectivity index (χ1n) is 7.35. The lowest BCUT2D eigenvalue weighted by Crippen LogP contribution is -2.06. The molecule has 6 heteroatoms. The van der Waals surface area contributed by atoms with E-state index in [1.165, 1.54) is 11.1 Å². The zero-order valence-corrected chi connectivity index (χ0v) is 15.1. The number of benzene rings is 2. The fourth-order valence-electron chi connectivity index (χ4n) is 2.66. The Morgan fingerprint density at radius 1 is 0.957 bits per heavy atom. The van der Waals surface area contributed by atoms with Gasteiger partial charge in [-0.15, -0.1) is 0 Å². The van der Waals surface area contributed by atoms with Crippen molar-refractivity contribution in [3.8, 4) is 5.69 Å². The van der Waals surface area contributed by atoms with Crippen molar-refractivity contribution in [2.45, 2.75) is 27.7 Å². The molecular weight excluding hydrogens is 354 g/mol. The lowest BCUT2D eigenvalue weighted by Gasteiger charge is -2.13. The van der Waals surface area contributed by atoms with E-state index in [2.05, 4.69) is 88.7 Å². The normalized spacial score (nSPS) is 10.8. The van der Waals surface area contributed by atoms with Crippen LogP contribution in [0.2, 0.25) is 0 Å². The molecule has 0 aliphatic rings. The number of aryl methyl sites for hydroxylation is 4. The molecule has 0 fully saturated rings. The average Bonchev–Trinajstić information content (AvgIpc) is 2.91. The Bertz CT molecular complexity index is 846. The first-order valence-corrected chi connectivity index (χ1v) is 8.15. The standard InChI is InChI=1S/C17H18BrN5/c1-10-5-6-15(12(3)7-10)23-17(20-21-22-23)19-16-13(4)8-11(2)9-14(16)18/h5-9H,1-4H3,(H,19,20,22). The topological polar surface area (TPSA) is 55.6 Å². The van der Waals surface area contributed by atoms with Gasteiger partial charge in [0.2, 0.25) is 0 Å². The molecule has 0 radical (unpaired) electrons. The number of rotatable bonds is 3. The second-order valence-electron chi connectivity index (χ2n) is 5.77. The number of nitrogens with one attached hydrogen (secondary N) is 1. The molecule has 3 rings (SSSR count). The molecule has 0 atom stereocenters. The minimum Gasteiger partial charge on any atom is -0.321 e. The van der Waals surface area contributed by atoms with E-state index >= 15 is 0 Å². The second kappa shape index (κ2) is 6.12. The Hall–Kier alpha value is -2.21. The van der Waals surface area contributed by atoms with Gasteiger partial charge in [0.05, 0.1) is 11.4 Å². The van der Waals surface area contributed by atoms with Gasteiger partial charge in [0, 0.05) is 4.47 Å². The third-order valence-electron chi connectivity index (χ3n) is 3.72. The Morgan fingerprint density at radius 2 is 1.70 bits per heavy atom. The van der Waals surface area contributed by atoms with Crippen LogP contribution in [0.3, 0.4) is 0 Å². The van der Waals surface area contributed by atoms with Crippen molar-refractivity contribution in [3.63, 3.8) is 0 Å². The highest BCUT2D eigenvalue weighted by atomic mass is 79.9. The second-order valence-corrected chi connectivity index (χ2v) is 6.62. The number of nitrogens with zero attached hydrogens (tertiary/aromatic N) is 4. The summed E-state index contributed by atoms with van der Waals surface area (Å²) in [5, 5.41) is 15.4. The summed E-state index contributed by atoms with van der Waals surface area (Å²) >= 11 is 3.61. The first kappa shape index (κ1) is 15.7. The van der Waals surface area contributed by atoms with E-state index in [1.54, 1.807) is 4.68 Å². The minimum atomic E-state index is 0.588. The van der Waals surface area contributed by atoms with Gasteiger partial charge in [0.1, 0.15) is 0 Å². The van der Waals surface area contributed by atoms with Crippen molar-refractivity contribution in [2.75, 3.05) is 5.32 Å². The maximum absolute atomic E-state index is 4.13. The van der Waals surface area contributed by atoms with Gasteiger partial charge in [-0.3, -0.25) is 0 Å². The number of hydrogen-bond acceptors (Lipinski definition) is 4. The summed E-state index contributed by atoms with van der Waals surface area (Å²) in [7, 11) is 0. The van der Waals surface area contributed by atoms with Gasteiger partial charge in [-0.25, -0.2) is 0 Å². The van der Waals surface area contributed by atoms with Crippen LogP contribution >= 0.6 is 15.9 Å². The Kier molecular flexibility index (Phi) is 4.17. The van der Waals surface area contributed by atoms with Crippen LogP contribution in [0.25, 0.3) is 5.69 Å². The quantitative estimate of drug-likeness (QED) is 0.740. The van der Waals surface area contributed by atoms with E-state index in [1.807, 2.05) is 6.07 Å². The molecule has 23 heavy (non-hydrogen) atoms. The lowest BCUT2D eigenvalue weighted by atomic mass is 10.1. The van der Waals surface area contributed by atoms with Crippen molar-refractivity contribution in [2.24, 2.45) is 0 Å². The molecule has 0 spiro atoms. The summed E-state index contributed by atoms with van der Waals surface area (Å²) in [6.45, 7) is 8.26. The third kappa shape index (κ3) is 3.12. The highest BCUT2D eigenvalue weighted by molar-refractivity contribution is 9.10. The SMILES string of the molecule is Cc1ccc(-n2nnnc2Nc2c(C)cc(C)cc2Br)c(C)c1. The van der Waals surface area contributed by atoms with Crippen LogP contribution < -0.4 is 5.32 Å². The van der Waals surface area contributed by atoms with Gasteiger partial charge in [0.25, 0.3) is 5.95 Å². The van der Waals surface area contributed by atoms with Gasteiger partial charge in [0.15, 0.2) is 0 Å². The molecule has 0 saturated carbocycles. The summed E-state index contributed by atoms with van der Waals surface area (Å²) in [5.74, 6) is 0.588. The predicted octanol–water partition coefficient (Wildman–Crippen LogP) is 4.40. The Balaban J connectivity index is 2.02. The molecule has 0 amide bonds. The van der Waals surface area contributed by atoms with Gasteiger partial charge < -0.3 is 5.32 Å². The summed E-state index contributed by atoms with van der Waals surface area (Å²) in [5.41, 5.74) is 6.60. The molecular formula is C17H18BrN5. The zero-order chi connectivity index (χ0) is 16.6. The molecule has 2 aromatic carbocycles. The van der Waals surface area contributed by atoms with Crippen LogP contribution in [-0.2, 0) is 0 Å². The van der Waals surface area contributed by atoms with Gasteiger partial charge in [-0.05, 0) is 82.9 Å². The fourth-order valence-corrected chi connectivity index (χ4v) is 3.43. The van der Waals surface area contributed by atoms with Crippen LogP contribution in [-0.4, -0.2) is 20.2 Å². The summed E-state index contributed by atoms with van der Waals surface area (Å²) in [6.07, 6.45) is 0. The van der Waals surface area contributed by atoms with E-state index < -0.39 is 0 Å². The maximum Gasteiger partial charge on any atom is 0.252 e. The summed E-state index contributed by atoms with van der Waals surface area (Å²) in [6, 6.07) is 10.4. The molecule has 1 N–H and O–H groups in total. The summed E-state index contributed by atoms with van der Waals surface area (Å²) in [4.78, 5) is 0. The molecule has 0 bridgehead atoms. The number of hydrogen-bond donors (Lipinski definition) is 1. The molecule has 0 unspecified atom stereocenters. The van der Waals surface area contributed by atoms with E-state index in [0.717, 1.165) is 27.0 Å². The van der Waals surface area contributed by atoms with Crippen molar-refractivity contribution < 1.29 is 0 Å². The number of anilines is 2. The van der Waals surface area contributed by atoms with Gasteiger partial charge in [-0.1, -0.05) is 28.9 Å². The van der Waals surface area contributed by atoms with Crippen molar-refractivity contribution in [1.82, 2.24) is 20.2 Å². The Morgan fingerprint density at radius 3 is 2.39 bits per heavy atom. The van der Waals surface area contributed by atoms with Crippen LogP contribution in [0.15, 0.2) is 34.8 Å². The maximum atomic E-state index is 4.13. The largest absolute Gasteiger partial charge is 0.321 e. The zero-order valence-electron chi connectivity index (χ0n) is 13.6. The molecule has 5 nitrogen and oxygen atoms in total. The predicted molar refractivity (Wildman–Crippen MR) is 95.5 cm³/mol. The van der Waals surface area contributed by atoms with Crippen LogP contribution in [0.5, 0.6) is 0 Å². The Labute approximate surface area is 143 Å². The van der Waals surface area contributed by atoms with Gasteiger partial charge >= 0.3 is 0 Å². The van der Waals surface area contributed by atoms with E-state index in [9.17, 15) is 0 Å². The van der Waals surface area contributed by atoms with Crippen LogP contribution in [0.4, 0.5) is 11.6 Å². The molecule has 118 valence electrons. The number of aromatic nitrogens is 4. The molecule has 1 aromatic heterocycles. The smallest absolute Gasteiger partial charge is 0.252 e. The minimum absolute atomic E-state index is 0.588. The highest BCUT2D eigenvalue weighted by Gasteiger charge is 2.13.